The average Bonchev–Trinajstić information content (AvgIpc) is 2.37. The van der Waals surface area contributed by atoms with Gasteiger partial charge in [-0.3, -0.25) is 4.79 Å². The first-order chi connectivity index (χ1) is 9.06. The summed E-state index contributed by atoms with van der Waals surface area (Å²) in [6.45, 7) is 4.17. The minimum atomic E-state index is -0.378. The Labute approximate surface area is 115 Å². The molecule has 1 aliphatic rings. The van der Waals surface area contributed by atoms with Crippen molar-refractivity contribution in [2.45, 2.75) is 51.6 Å². The molecule has 0 aliphatic heterocycles. The van der Waals surface area contributed by atoms with E-state index in [4.69, 9.17) is 5.73 Å². The molecule has 0 fully saturated rings. The smallest absolute Gasteiger partial charge is 0.237 e. The van der Waals surface area contributed by atoms with Gasteiger partial charge >= 0.3 is 0 Å². The van der Waals surface area contributed by atoms with Gasteiger partial charge in [0, 0.05) is 6.04 Å². The highest BCUT2D eigenvalue weighted by Gasteiger charge is 2.22. The molecule has 0 saturated heterocycles. The summed E-state index contributed by atoms with van der Waals surface area (Å²) in [5.74, 6) is 0.450. The molecule has 1 aromatic carbocycles. The van der Waals surface area contributed by atoms with Gasteiger partial charge in [0.1, 0.15) is 0 Å². The molecule has 3 heteroatoms. The summed E-state index contributed by atoms with van der Waals surface area (Å²) in [5, 5.41) is 3.10. The number of fused-ring (bicyclic) bond motifs is 1. The van der Waals surface area contributed by atoms with Crippen LogP contribution in [0.2, 0.25) is 0 Å². The monoisotopic (exact) mass is 260 g/mol. The Morgan fingerprint density at radius 2 is 2.05 bits per heavy atom. The zero-order valence-electron chi connectivity index (χ0n) is 11.9. The molecular weight excluding hydrogens is 236 g/mol. The fraction of sp³-hybridized carbons (Fsp3) is 0.562. The minimum absolute atomic E-state index is 0.00178. The predicted octanol–water partition coefficient (Wildman–Crippen LogP) is 2.03. The largest absolute Gasteiger partial charge is 0.352 e. The first-order valence-corrected chi connectivity index (χ1v) is 7.19. The standard InChI is InChI=1S/C16H24N2O/c1-11(2)9-15(17)16(19)18-14-8-7-12-5-3-4-6-13(12)10-14/h3-6,11,14-15H,7-10,17H2,1-2H3,(H,18,19)/t14?,15-/m0/s1. The van der Waals surface area contributed by atoms with Crippen molar-refractivity contribution in [2.24, 2.45) is 11.7 Å². The zero-order chi connectivity index (χ0) is 13.8. The number of rotatable bonds is 4. The van der Waals surface area contributed by atoms with Crippen LogP contribution in [0.3, 0.4) is 0 Å². The number of hydrogen-bond acceptors (Lipinski definition) is 2. The Morgan fingerprint density at radius 1 is 1.37 bits per heavy atom. The van der Waals surface area contributed by atoms with Crippen LogP contribution < -0.4 is 11.1 Å². The number of nitrogens with one attached hydrogen (secondary N) is 1. The normalized spacial score (nSPS) is 19.9. The maximum absolute atomic E-state index is 12.0. The van der Waals surface area contributed by atoms with Crippen molar-refractivity contribution in [1.82, 2.24) is 5.32 Å². The van der Waals surface area contributed by atoms with E-state index in [-0.39, 0.29) is 18.0 Å². The molecule has 3 nitrogen and oxygen atoms in total. The highest BCUT2D eigenvalue weighted by Crippen LogP contribution is 2.21. The number of nitrogens with two attached hydrogens (primary N) is 1. The summed E-state index contributed by atoms with van der Waals surface area (Å²) in [4.78, 5) is 12.0. The number of benzene rings is 1. The fourth-order valence-corrected chi connectivity index (χ4v) is 2.74. The van der Waals surface area contributed by atoms with Gasteiger partial charge < -0.3 is 11.1 Å². The van der Waals surface area contributed by atoms with E-state index in [1.165, 1.54) is 11.1 Å². The molecule has 3 N–H and O–H groups in total. The Balaban J connectivity index is 1.90. The van der Waals surface area contributed by atoms with Gasteiger partial charge in [-0.25, -0.2) is 0 Å². The molecule has 0 saturated carbocycles. The van der Waals surface area contributed by atoms with E-state index in [9.17, 15) is 4.79 Å². The summed E-state index contributed by atoms with van der Waals surface area (Å²) in [6, 6.07) is 8.33. The molecule has 0 aromatic heterocycles. The van der Waals surface area contributed by atoms with E-state index in [1.807, 2.05) is 0 Å². The van der Waals surface area contributed by atoms with Crippen molar-refractivity contribution < 1.29 is 4.79 Å². The highest BCUT2D eigenvalue weighted by molar-refractivity contribution is 5.81. The molecule has 1 amide bonds. The minimum Gasteiger partial charge on any atom is -0.352 e. The lowest BCUT2D eigenvalue weighted by atomic mass is 9.88. The number of aryl methyl sites for hydroxylation is 1. The summed E-state index contributed by atoms with van der Waals surface area (Å²) in [5.41, 5.74) is 8.69. The second-order valence-electron chi connectivity index (χ2n) is 5.95. The van der Waals surface area contributed by atoms with Crippen LogP contribution in [0.4, 0.5) is 0 Å². The molecule has 1 unspecified atom stereocenters. The van der Waals surface area contributed by atoms with Crippen molar-refractivity contribution in [3.05, 3.63) is 35.4 Å². The van der Waals surface area contributed by atoms with Crippen LogP contribution in [0.15, 0.2) is 24.3 Å². The Kier molecular flexibility index (Phi) is 4.59. The molecular formula is C16H24N2O. The topological polar surface area (TPSA) is 55.1 Å². The van der Waals surface area contributed by atoms with E-state index in [2.05, 4.69) is 43.4 Å². The first-order valence-electron chi connectivity index (χ1n) is 7.19. The van der Waals surface area contributed by atoms with Crippen molar-refractivity contribution in [3.8, 4) is 0 Å². The number of carbonyl (C=O) groups is 1. The van der Waals surface area contributed by atoms with Crippen LogP contribution >= 0.6 is 0 Å². The third-order valence-electron chi connectivity index (χ3n) is 3.76. The predicted molar refractivity (Wildman–Crippen MR) is 77.8 cm³/mol. The SMILES string of the molecule is CC(C)C[C@H](N)C(=O)NC1CCc2ccccc2C1. The van der Waals surface area contributed by atoms with Crippen molar-refractivity contribution in [1.29, 1.82) is 0 Å². The number of hydrogen-bond donors (Lipinski definition) is 2. The molecule has 1 aromatic rings. The average molecular weight is 260 g/mol. The van der Waals surface area contributed by atoms with Crippen LogP contribution in [0.1, 0.15) is 37.8 Å². The third-order valence-corrected chi connectivity index (χ3v) is 3.76. The molecule has 0 spiro atoms. The second-order valence-corrected chi connectivity index (χ2v) is 5.95. The molecule has 0 heterocycles. The van der Waals surface area contributed by atoms with Crippen molar-refractivity contribution in [2.75, 3.05) is 0 Å². The molecule has 2 atom stereocenters. The van der Waals surface area contributed by atoms with E-state index >= 15 is 0 Å². The summed E-state index contributed by atoms with van der Waals surface area (Å²) >= 11 is 0. The Bertz CT molecular complexity index is 442. The van der Waals surface area contributed by atoms with Crippen LogP contribution in [0.25, 0.3) is 0 Å². The van der Waals surface area contributed by atoms with Crippen LogP contribution in [0.5, 0.6) is 0 Å². The van der Waals surface area contributed by atoms with Gasteiger partial charge in [0.15, 0.2) is 0 Å². The lowest BCUT2D eigenvalue weighted by Crippen LogP contribution is -2.47. The molecule has 0 radical (unpaired) electrons. The van der Waals surface area contributed by atoms with E-state index in [0.29, 0.717) is 5.92 Å². The Hall–Kier alpha value is -1.35. The van der Waals surface area contributed by atoms with Crippen molar-refractivity contribution >= 4 is 5.91 Å². The van der Waals surface area contributed by atoms with Gasteiger partial charge in [-0.05, 0) is 42.7 Å². The Morgan fingerprint density at radius 3 is 2.74 bits per heavy atom. The maximum Gasteiger partial charge on any atom is 0.237 e. The van der Waals surface area contributed by atoms with Gasteiger partial charge in [0.2, 0.25) is 5.91 Å². The molecule has 2 rings (SSSR count). The van der Waals surface area contributed by atoms with Gasteiger partial charge in [-0.2, -0.15) is 0 Å². The lowest BCUT2D eigenvalue weighted by molar-refractivity contribution is -0.123. The maximum atomic E-state index is 12.0. The number of amides is 1. The molecule has 0 bridgehead atoms. The fourth-order valence-electron chi connectivity index (χ4n) is 2.74. The van der Waals surface area contributed by atoms with Gasteiger partial charge in [0.25, 0.3) is 0 Å². The van der Waals surface area contributed by atoms with Crippen LogP contribution in [-0.4, -0.2) is 18.0 Å². The van der Waals surface area contributed by atoms with Gasteiger partial charge in [-0.15, -0.1) is 0 Å². The van der Waals surface area contributed by atoms with Crippen LogP contribution in [-0.2, 0) is 17.6 Å². The van der Waals surface area contributed by atoms with Gasteiger partial charge in [-0.1, -0.05) is 38.1 Å². The summed E-state index contributed by atoms with van der Waals surface area (Å²) in [7, 11) is 0. The zero-order valence-corrected chi connectivity index (χ0v) is 11.9. The first kappa shape index (κ1) is 14.1. The van der Waals surface area contributed by atoms with E-state index < -0.39 is 0 Å². The molecule has 104 valence electrons. The quantitative estimate of drug-likeness (QED) is 0.870. The summed E-state index contributed by atoms with van der Waals surface area (Å²) < 4.78 is 0. The third kappa shape index (κ3) is 3.80. The highest BCUT2D eigenvalue weighted by atomic mass is 16.2. The van der Waals surface area contributed by atoms with Crippen LogP contribution in [0, 0.1) is 5.92 Å². The molecule has 1 aliphatic carbocycles. The lowest BCUT2D eigenvalue weighted by Gasteiger charge is -2.27. The molecule has 19 heavy (non-hydrogen) atoms. The van der Waals surface area contributed by atoms with E-state index in [1.54, 1.807) is 0 Å². The van der Waals surface area contributed by atoms with Crippen molar-refractivity contribution in [3.63, 3.8) is 0 Å². The van der Waals surface area contributed by atoms with Gasteiger partial charge in [0.05, 0.1) is 6.04 Å². The number of carbonyl (C=O) groups excluding carboxylic acids is 1. The summed E-state index contributed by atoms with van der Waals surface area (Å²) in [6.07, 6.45) is 3.73. The van der Waals surface area contributed by atoms with E-state index in [0.717, 1.165) is 25.7 Å². The second kappa shape index (κ2) is 6.20.